The quantitative estimate of drug-likeness (QED) is 0.678. The molecule has 0 aliphatic rings. The summed E-state index contributed by atoms with van der Waals surface area (Å²) in [5.41, 5.74) is 1.36. The van der Waals surface area contributed by atoms with Gasteiger partial charge in [-0.2, -0.15) is 0 Å². The molecule has 0 nitrogen and oxygen atoms in total. The third-order valence-corrected chi connectivity index (χ3v) is 3.50. The standard InChI is InChI=1S/C12H16BrCl/c1-2-5-11(14)9-8-10-6-3-4-7-12(10)13/h3-4,6-7,11H,2,5,8-9H2,1H3. The van der Waals surface area contributed by atoms with Crippen molar-refractivity contribution in [3.05, 3.63) is 34.3 Å². The second-order valence-electron chi connectivity index (χ2n) is 3.52. The van der Waals surface area contributed by atoms with Gasteiger partial charge < -0.3 is 0 Å². The Morgan fingerprint density at radius 1 is 1.29 bits per heavy atom. The number of hydrogen-bond acceptors (Lipinski definition) is 0. The van der Waals surface area contributed by atoms with Gasteiger partial charge in [0.25, 0.3) is 0 Å². The predicted molar refractivity (Wildman–Crippen MR) is 67.0 cm³/mol. The lowest BCUT2D eigenvalue weighted by molar-refractivity contribution is 0.675. The molecule has 0 bridgehead atoms. The SMILES string of the molecule is CCCC(Cl)CCc1ccccc1Br. The van der Waals surface area contributed by atoms with Gasteiger partial charge in [0.05, 0.1) is 0 Å². The molecule has 0 saturated heterocycles. The Kier molecular flexibility index (Phi) is 5.57. The number of hydrogen-bond donors (Lipinski definition) is 0. The number of halogens is 2. The Labute approximate surface area is 99.8 Å². The largest absolute Gasteiger partial charge is 0.123 e. The Bertz CT molecular complexity index is 273. The maximum absolute atomic E-state index is 6.17. The second-order valence-corrected chi connectivity index (χ2v) is 4.99. The number of alkyl halides is 1. The van der Waals surface area contributed by atoms with Crippen LogP contribution in [0.15, 0.2) is 28.7 Å². The van der Waals surface area contributed by atoms with Gasteiger partial charge >= 0.3 is 0 Å². The number of benzene rings is 1. The lowest BCUT2D eigenvalue weighted by Gasteiger charge is -2.08. The molecular weight excluding hydrogens is 259 g/mol. The molecule has 0 amide bonds. The van der Waals surface area contributed by atoms with E-state index < -0.39 is 0 Å². The molecule has 0 spiro atoms. The second kappa shape index (κ2) is 6.47. The fraction of sp³-hybridized carbons (Fsp3) is 0.500. The van der Waals surface area contributed by atoms with Crippen LogP contribution in [0.2, 0.25) is 0 Å². The molecule has 0 N–H and O–H groups in total. The van der Waals surface area contributed by atoms with Crippen molar-refractivity contribution in [2.45, 2.75) is 38.0 Å². The van der Waals surface area contributed by atoms with E-state index in [9.17, 15) is 0 Å². The Hall–Kier alpha value is -0.0100. The fourth-order valence-corrected chi connectivity index (χ4v) is 2.28. The summed E-state index contributed by atoms with van der Waals surface area (Å²) in [5.74, 6) is 0. The Balaban J connectivity index is 2.41. The third-order valence-electron chi connectivity index (χ3n) is 2.29. The predicted octanol–water partition coefficient (Wildman–Crippen LogP) is 4.79. The normalized spacial score (nSPS) is 12.8. The van der Waals surface area contributed by atoms with Crippen molar-refractivity contribution < 1.29 is 0 Å². The van der Waals surface area contributed by atoms with Crippen molar-refractivity contribution in [2.75, 3.05) is 0 Å². The number of rotatable bonds is 5. The summed E-state index contributed by atoms with van der Waals surface area (Å²) < 4.78 is 1.19. The van der Waals surface area contributed by atoms with E-state index in [1.807, 2.05) is 6.07 Å². The smallest absolute Gasteiger partial charge is 0.0339 e. The lowest BCUT2D eigenvalue weighted by Crippen LogP contribution is -2.00. The van der Waals surface area contributed by atoms with Gasteiger partial charge in [0.2, 0.25) is 0 Å². The summed E-state index contributed by atoms with van der Waals surface area (Å²) in [6.45, 7) is 2.17. The minimum absolute atomic E-state index is 0.326. The molecule has 1 aromatic carbocycles. The van der Waals surface area contributed by atoms with Gasteiger partial charge in [-0.1, -0.05) is 47.5 Å². The topological polar surface area (TPSA) is 0 Å². The average Bonchev–Trinajstić information content (AvgIpc) is 2.17. The van der Waals surface area contributed by atoms with Crippen LogP contribution in [0.1, 0.15) is 31.7 Å². The van der Waals surface area contributed by atoms with Gasteiger partial charge in [-0.25, -0.2) is 0 Å². The van der Waals surface area contributed by atoms with Crippen molar-refractivity contribution in [3.63, 3.8) is 0 Å². The van der Waals surface area contributed by atoms with Crippen LogP contribution in [0.4, 0.5) is 0 Å². The fourth-order valence-electron chi connectivity index (χ4n) is 1.47. The molecular formula is C12H16BrCl. The monoisotopic (exact) mass is 274 g/mol. The Morgan fingerprint density at radius 3 is 2.64 bits per heavy atom. The van der Waals surface area contributed by atoms with E-state index in [1.165, 1.54) is 16.5 Å². The molecule has 0 saturated carbocycles. The first-order valence-electron chi connectivity index (χ1n) is 5.11. The molecule has 0 heterocycles. The minimum Gasteiger partial charge on any atom is -0.123 e. The van der Waals surface area contributed by atoms with Crippen LogP contribution in [0.5, 0.6) is 0 Å². The molecule has 1 aromatic rings. The molecule has 78 valence electrons. The summed E-state index contributed by atoms with van der Waals surface area (Å²) in [6, 6.07) is 8.35. The maximum atomic E-state index is 6.17. The molecule has 2 heteroatoms. The van der Waals surface area contributed by atoms with E-state index >= 15 is 0 Å². The Morgan fingerprint density at radius 2 is 2.00 bits per heavy atom. The van der Waals surface area contributed by atoms with Gasteiger partial charge in [-0.3, -0.25) is 0 Å². The van der Waals surface area contributed by atoms with Crippen molar-refractivity contribution in [1.82, 2.24) is 0 Å². The van der Waals surface area contributed by atoms with Gasteiger partial charge in [-0.05, 0) is 30.9 Å². The van der Waals surface area contributed by atoms with Crippen molar-refractivity contribution in [3.8, 4) is 0 Å². The molecule has 1 rings (SSSR count). The van der Waals surface area contributed by atoms with E-state index in [4.69, 9.17) is 11.6 Å². The van der Waals surface area contributed by atoms with Crippen LogP contribution in [0, 0.1) is 0 Å². The van der Waals surface area contributed by atoms with Gasteiger partial charge in [0, 0.05) is 9.85 Å². The number of aryl methyl sites for hydroxylation is 1. The summed E-state index contributed by atoms with van der Waals surface area (Å²) in [7, 11) is 0. The molecule has 0 aromatic heterocycles. The average molecular weight is 276 g/mol. The van der Waals surface area contributed by atoms with Crippen LogP contribution < -0.4 is 0 Å². The van der Waals surface area contributed by atoms with Gasteiger partial charge in [-0.15, -0.1) is 11.6 Å². The van der Waals surface area contributed by atoms with Crippen LogP contribution >= 0.6 is 27.5 Å². The summed E-state index contributed by atoms with van der Waals surface area (Å²) >= 11 is 9.71. The molecule has 1 unspecified atom stereocenters. The molecule has 0 fully saturated rings. The van der Waals surface area contributed by atoms with Crippen LogP contribution in [0.3, 0.4) is 0 Å². The lowest BCUT2D eigenvalue weighted by atomic mass is 10.1. The van der Waals surface area contributed by atoms with E-state index in [0.29, 0.717) is 5.38 Å². The highest BCUT2D eigenvalue weighted by Crippen LogP contribution is 2.20. The highest BCUT2D eigenvalue weighted by Gasteiger charge is 2.05. The zero-order chi connectivity index (χ0) is 10.4. The first-order valence-corrected chi connectivity index (χ1v) is 6.34. The van der Waals surface area contributed by atoms with Crippen LogP contribution in [0.25, 0.3) is 0 Å². The minimum atomic E-state index is 0.326. The maximum Gasteiger partial charge on any atom is 0.0339 e. The molecule has 14 heavy (non-hydrogen) atoms. The molecule has 1 atom stereocenters. The van der Waals surface area contributed by atoms with Crippen molar-refractivity contribution in [2.24, 2.45) is 0 Å². The highest BCUT2D eigenvalue weighted by molar-refractivity contribution is 9.10. The zero-order valence-electron chi connectivity index (χ0n) is 8.47. The van der Waals surface area contributed by atoms with Crippen LogP contribution in [-0.2, 0) is 6.42 Å². The first kappa shape index (κ1) is 12.1. The van der Waals surface area contributed by atoms with E-state index in [1.54, 1.807) is 0 Å². The first-order chi connectivity index (χ1) is 6.74. The molecule has 0 aliphatic carbocycles. The van der Waals surface area contributed by atoms with E-state index in [-0.39, 0.29) is 0 Å². The summed E-state index contributed by atoms with van der Waals surface area (Å²) in [6.07, 6.45) is 4.42. The summed E-state index contributed by atoms with van der Waals surface area (Å²) in [4.78, 5) is 0. The zero-order valence-corrected chi connectivity index (χ0v) is 10.8. The van der Waals surface area contributed by atoms with E-state index in [2.05, 4.69) is 41.1 Å². The van der Waals surface area contributed by atoms with Crippen molar-refractivity contribution >= 4 is 27.5 Å². The van der Waals surface area contributed by atoms with Gasteiger partial charge in [0.1, 0.15) is 0 Å². The van der Waals surface area contributed by atoms with E-state index in [0.717, 1.165) is 19.3 Å². The molecule has 0 aliphatic heterocycles. The van der Waals surface area contributed by atoms with Crippen molar-refractivity contribution in [1.29, 1.82) is 0 Å². The van der Waals surface area contributed by atoms with Gasteiger partial charge in [0.15, 0.2) is 0 Å². The highest BCUT2D eigenvalue weighted by atomic mass is 79.9. The molecule has 0 radical (unpaired) electrons. The third kappa shape index (κ3) is 4.02. The van der Waals surface area contributed by atoms with Crippen LogP contribution in [-0.4, -0.2) is 5.38 Å². The summed E-state index contributed by atoms with van der Waals surface area (Å²) in [5, 5.41) is 0.326.